The third kappa shape index (κ3) is 4.77. The minimum absolute atomic E-state index is 0.568. The lowest BCUT2D eigenvalue weighted by Gasteiger charge is -2.18. The van der Waals surface area contributed by atoms with Crippen LogP contribution in [0.5, 0.6) is 0 Å². The van der Waals surface area contributed by atoms with Crippen molar-refractivity contribution in [3.05, 3.63) is 18.0 Å². The Labute approximate surface area is 99.0 Å². The molecule has 1 unspecified atom stereocenters. The average molecular weight is 249 g/mol. The van der Waals surface area contributed by atoms with Crippen LogP contribution in [0.3, 0.4) is 0 Å². The number of alkyl halides is 3. The van der Waals surface area contributed by atoms with E-state index in [4.69, 9.17) is 0 Å². The summed E-state index contributed by atoms with van der Waals surface area (Å²) in [5.41, 5.74) is 0.595. The van der Waals surface area contributed by atoms with E-state index >= 15 is 0 Å². The highest BCUT2D eigenvalue weighted by molar-refractivity contribution is 5.10. The van der Waals surface area contributed by atoms with Crippen LogP contribution in [0, 0.1) is 0 Å². The van der Waals surface area contributed by atoms with Gasteiger partial charge in [0.15, 0.2) is 0 Å². The fourth-order valence-corrected chi connectivity index (χ4v) is 1.59. The van der Waals surface area contributed by atoms with Crippen LogP contribution >= 0.6 is 0 Å². The number of hydrogen-bond donors (Lipinski definition) is 1. The lowest BCUT2D eigenvalue weighted by molar-refractivity contribution is -0.140. The molecule has 98 valence electrons. The third-order valence-corrected chi connectivity index (χ3v) is 2.46. The van der Waals surface area contributed by atoms with E-state index in [1.54, 1.807) is 10.9 Å². The van der Waals surface area contributed by atoms with Crippen LogP contribution in [0.1, 0.15) is 38.3 Å². The van der Waals surface area contributed by atoms with Crippen LogP contribution in [0.4, 0.5) is 13.2 Å². The van der Waals surface area contributed by atoms with E-state index < -0.39 is 18.6 Å². The Bertz CT molecular complexity index is 333. The van der Waals surface area contributed by atoms with Crippen molar-refractivity contribution in [3.63, 3.8) is 0 Å². The summed E-state index contributed by atoms with van der Waals surface area (Å²) < 4.78 is 39.0. The highest BCUT2D eigenvalue weighted by atomic mass is 19.4. The summed E-state index contributed by atoms with van der Waals surface area (Å²) >= 11 is 0. The first kappa shape index (κ1) is 14.0. The molecular weight excluding hydrogens is 231 g/mol. The van der Waals surface area contributed by atoms with E-state index in [1.807, 2.05) is 13.8 Å². The highest BCUT2D eigenvalue weighted by Crippen LogP contribution is 2.29. The molecule has 17 heavy (non-hydrogen) atoms. The van der Waals surface area contributed by atoms with Gasteiger partial charge < -0.3 is 5.32 Å². The van der Waals surface area contributed by atoms with Gasteiger partial charge in [-0.1, -0.05) is 6.92 Å². The smallest absolute Gasteiger partial charge is 0.310 e. The standard InChI is InChI=1S/C11H18F3N3/c1-3-5-15-10(6-11(12,13)14)9-7-16-17(4-2)8-9/h7-8,10,15H,3-6H2,1-2H3. The van der Waals surface area contributed by atoms with Crippen LogP contribution < -0.4 is 5.32 Å². The van der Waals surface area contributed by atoms with Gasteiger partial charge in [-0.3, -0.25) is 4.68 Å². The number of nitrogens with one attached hydrogen (secondary N) is 1. The molecule has 0 aromatic carbocycles. The van der Waals surface area contributed by atoms with Crippen molar-refractivity contribution < 1.29 is 13.2 Å². The number of halogens is 3. The van der Waals surface area contributed by atoms with Crippen molar-refractivity contribution in [1.82, 2.24) is 15.1 Å². The molecule has 0 saturated heterocycles. The van der Waals surface area contributed by atoms with E-state index in [-0.39, 0.29) is 0 Å². The van der Waals surface area contributed by atoms with Crippen molar-refractivity contribution in [3.8, 4) is 0 Å². The van der Waals surface area contributed by atoms with Crippen LogP contribution in [0.15, 0.2) is 12.4 Å². The van der Waals surface area contributed by atoms with Gasteiger partial charge in [-0.25, -0.2) is 0 Å². The molecule has 1 aromatic rings. The van der Waals surface area contributed by atoms with Crippen molar-refractivity contribution >= 4 is 0 Å². The molecule has 0 aliphatic rings. The maximum atomic E-state index is 12.4. The van der Waals surface area contributed by atoms with Crippen LogP contribution in [0.2, 0.25) is 0 Å². The van der Waals surface area contributed by atoms with Gasteiger partial charge >= 0.3 is 6.18 Å². The molecule has 6 heteroatoms. The van der Waals surface area contributed by atoms with E-state index in [0.717, 1.165) is 6.42 Å². The summed E-state index contributed by atoms with van der Waals surface area (Å²) in [4.78, 5) is 0. The van der Waals surface area contributed by atoms with Crippen molar-refractivity contribution in [1.29, 1.82) is 0 Å². The molecule has 1 atom stereocenters. The van der Waals surface area contributed by atoms with E-state index in [9.17, 15) is 13.2 Å². The molecule has 0 amide bonds. The van der Waals surface area contributed by atoms with Crippen molar-refractivity contribution in [2.75, 3.05) is 6.54 Å². The van der Waals surface area contributed by atoms with Crippen LogP contribution in [0.25, 0.3) is 0 Å². The largest absolute Gasteiger partial charge is 0.390 e. The second kappa shape index (κ2) is 6.05. The fourth-order valence-electron chi connectivity index (χ4n) is 1.59. The van der Waals surface area contributed by atoms with E-state index in [2.05, 4.69) is 10.4 Å². The van der Waals surface area contributed by atoms with Crippen molar-refractivity contribution in [2.24, 2.45) is 0 Å². The predicted molar refractivity (Wildman–Crippen MR) is 59.6 cm³/mol. The lowest BCUT2D eigenvalue weighted by Crippen LogP contribution is -2.27. The lowest BCUT2D eigenvalue weighted by atomic mass is 10.1. The summed E-state index contributed by atoms with van der Waals surface area (Å²) in [6, 6.07) is -0.699. The summed E-state index contributed by atoms with van der Waals surface area (Å²) in [6.45, 7) is 5.05. The summed E-state index contributed by atoms with van der Waals surface area (Å²) in [6.07, 6.45) is -1.06. The Kier molecular flexibility index (Phi) is 4.99. The molecule has 3 nitrogen and oxygen atoms in total. The zero-order chi connectivity index (χ0) is 12.9. The first-order valence-electron chi connectivity index (χ1n) is 5.78. The SMILES string of the molecule is CCCNC(CC(F)(F)F)c1cnn(CC)c1. The Morgan fingerprint density at radius 3 is 2.59 bits per heavy atom. The van der Waals surface area contributed by atoms with Gasteiger partial charge in [0.05, 0.1) is 12.6 Å². The van der Waals surface area contributed by atoms with Gasteiger partial charge in [-0.2, -0.15) is 18.3 Å². The molecule has 0 spiro atoms. The number of aromatic nitrogens is 2. The number of hydrogen-bond acceptors (Lipinski definition) is 2. The average Bonchev–Trinajstić information content (AvgIpc) is 2.71. The molecule has 0 fully saturated rings. The zero-order valence-electron chi connectivity index (χ0n) is 10.1. The van der Waals surface area contributed by atoms with Crippen LogP contribution in [-0.4, -0.2) is 22.5 Å². The van der Waals surface area contributed by atoms with E-state index in [1.165, 1.54) is 6.20 Å². The quantitative estimate of drug-likeness (QED) is 0.840. The van der Waals surface area contributed by atoms with Gasteiger partial charge in [-0.15, -0.1) is 0 Å². The Morgan fingerprint density at radius 2 is 2.12 bits per heavy atom. The minimum Gasteiger partial charge on any atom is -0.310 e. The number of nitrogens with zero attached hydrogens (tertiary/aromatic N) is 2. The molecule has 0 aliphatic heterocycles. The summed E-state index contributed by atoms with van der Waals surface area (Å²) in [5.74, 6) is 0. The third-order valence-electron chi connectivity index (χ3n) is 2.46. The molecule has 0 radical (unpaired) electrons. The topological polar surface area (TPSA) is 29.9 Å². The second-order valence-corrected chi connectivity index (χ2v) is 3.96. The molecule has 1 rings (SSSR count). The van der Waals surface area contributed by atoms with Crippen molar-refractivity contribution in [2.45, 2.75) is 45.5 Å². The normalized spacial score (nSPS) is 13.9. The summed E-state index contributed by atoms with van der Waals surface area (Å²) in [5, 5.41) is 6.91. The molecule has 1 N–H and O–H groups in total. The molecule has 1 aromatic heterocycles. The minimum atomic E-state index is -4.17. The molecule has 0 bridgehead atoms. The monoisotopic (exact) mass is 249 g/mol. The molecular formula is C11H18F3N3. The van der Waals surface area contributed by atoms with Gasteiger partial charge in [-0.05, 0) is 19.9 Å². The number of aryl methyl sites for hydroxylation is 1. The fraction of sp³-hybridized carbons (Fsp3) is 0.727. The Morgan fingerprint density at radius 1 is 1.41 bits per heavy atom. The van der Waals surface area contributed by atoms with E-state index in [0.29, 0.717) is 18.7 Å². The first-order valence-corrected chi connectivity index (χ1v) is 5.78. The predicted octanol–water partition coefficient (Wildman–Crippen LogP) is 2.90. The van der Waals surface area contributed by atoms with Gasteiger partial charge in [0.25, 0.3) is 0 Å². The van der Waals surface area contributed by atoms with Gasteiger partial charge in [0, 0.05) is 24.3 Å². The first-order chi connectivity index (χ1) is 7.96. The molecule has 0 aliphatic carbocycles. The number of rotatable bonds is 6. The summed E-state index contributed by atoms with van der Waals surface area (Å²) in [7, 11) is 0. The Balaban J connectivity index is 2.74. The second-order valence-electron chi connectivity index (χ2n) is 3.96. The van der Waals surface area contributed by atoms with Gasteiger partial charge in [0.1, 0.15) is 0 Å². The maximum Gasteiger partial charge on any atom is 0.390 e. The Hall–Kier alpha value is -1.04. The molecule has 0 saturated carbocycles. The molecule has 1 heterocycles. The highest BCUT2D eigenvalue weighted by Gasteiger charge is 2.32. The van der Waals surface area contributed by atoms with Gasteiger partial charge in [0.2, 0.25) is 0 Å². The zero-order valence-corrected chi connectivity index (χ0v) is 10.1. The maximum absolute atomic E-state index is 12.4. The van der Waals surface area contributed by atoms with Crippen LogP contribution in [-0.2, 0) is 6.54 Å².